The third-order valence-corrected chi connectivity index (χ3v) is 3.41. The van der Waals surface area contributed by atoms with E-state index in [-0.39, 0.29) is 11.3 Å². The Morgan fingerprint density at radius 2 is 1.86 bits per heavy atom. The second-order valence-electron chi connectivity index (χ2n) is 4.83. The SMILES string of the molecule is N#Cc1c(O)c2ccc(Cc3ccccc3)cc2[nH]c1=O. The van der Waals surface area contributed by atoms with Crippen molar-refractivity contribution in [1.82, 2.24) is 4.98 Å². The number of H-pyrrole nitrogens is 1. The van der Waals surface area contributed by atoms with Gasteiger partial charge in [-0.2, -0.15) is 5.26 Å². The maximum absolute atomic E-state index is 11.7. The molecule has 0 radical (unpaired) electrons. The lowest BCUT2D eigenvalue weighted by atomic mass is 10.0. The molecular weight excluding hydrogens is 264 g/mol. The summed E-state index contributed by atoms with van der Waals surface area (Å²) in [6, 6.07) is 17.1. The fourth-order valence-electron chi connectivity index (χ4n) is 2.37. The summed E-state index contributed by atoms with van der Waals surface area (Å²) >= 11 is 0. The number of pyridine rings is 1. The number of nitrogens with one attached hydrogen (secondary N) is 1. The summed E-state index contributed by atoms with van der Waals surface area (Å²) in [4.78, 5) is 14.4. The standard InChI is InChI=1S/C17H12N2O2/c18-10-14-16(20)13-7-6-12(9-15(13)19-17(14)21)8-11-4-2-1-3-5-11/h1-7,9H,8H2,(H2,19,20,21). The number of aromatic amines is 1. The maximum Gasteiger partial charge on any atom is 0.270 e. The Bertz CT molecular complexity index is 906. The van der Waals surface area contributed by atoms with E-state index in [2.05, 4.69) is 4.98 Å². The van der Waals surface area contributed by atoms with Crippen LogP contribution in [0, 0.1) is 11.3 Å². The fourth-order valence-corrected chi connectivity index (χ4v) is 2.37. The lowest BCUT2D eigenvalue weighted by Crippen LogP contribution is -2.10. The molecule has 0 aliphatic heterocycles. The molecule has 0 fully saturated rings. The van der Waals surface area contributed by atoms with Crippen LogP contribution in [0.2, 0.25) is 0 Å². The molecule has 0 aliphatic rings. The Kier molecular flexibility index (Phi) is 3.17. The highest BCUT2D eigenvalue weighted by Gasteiger charge is 2.11. The van der Waals surface area contributed by atoms with Crippen molar-refractivity contribution in [3.63, 3.8) is 0 Å². The highest BCUT2D eigenvalue weighted by molar-refractivity contribution is 5.87. The fraction of sp³-hybridized carbons (Fsp3) is 0.0588. The number of hydrogen-bond donors (Lipinski definition) is 2. The van der Waals surface area contributed by atoms with Gasteiger partial charge in [0.15, 0.2) is 5.56 Å². The molecular formula is C17H12N2O2. The number of aromatic nitrogens is 1. The topological polar surface area (TPSA) is 76.9 Å². The first kappa shape index (κ1) is 12.9. The van der Waals surface area contributed by atoms with Crippen LogP contribution in [0.4, 0.5) is 0 Å². The van der Waals surface area contributed by atoms with Crippen LogP contribution in [0.3, 0.4) is 0 Å². The van der Waals surface area contributed by atoms with Crippen LogP contribution >= 0.6 is 0 Å². The van der Waals surface area contributed by atoms with Gasteiger partial charge in [0, 0.05) is 5.39 Å². The normalized spacial score (nSPS) is 10.4. The van der Waals surface area contributed by atoms with Crippen LogP contribution in [-0.2, 0) is 6.42 Å². The van der Waals surface area contributed by atoms with Gasteiger partial charge in [-0.05, 0) is 29.7 Å². The summed E-state index contributed by atoms with van der Waals surface area (Å²) in [5.41, 5.74) is 1.90. The zero-order valence-electron chi connectivity index (χ0n) is 11.1. The van der Waals surface area contributed by atoms with E-state index in [1.165, 1.54) is 0 Å². The highest BCUT2D eigenvalue weighted by atomic mass is 16.3. The Balaban J connectivity index is 2.09. The van der Waals surface area contributed by atoms with Gasteiger partial charge >= 0.3 is 0 Å². The Morgan fingerprint density at radius 3 is 2.57 bits per heavy atom. The first-order chi connectivity index (χ1) is 10.2. The molecule has 0 aliphatic carbocycles. The average Bonchev–Trinajstić information content (AvgIpc) is 2.48. The van der Waals surface area contributed by atoms with Crippen molar-refractivity contribution in [2.45, 2.75) is 6.42 Å². The molecule has 0 unspecified atom stereocenters. The molecule has 0 atom stereocenters. The van der Waals surface area contributed by atoms with Crippen molar-refractivity contribution in [3.8, 4) is 11.8 Å². The van der Waals surface area contributed by atoms with Crippen molar-refractivity contribution in [2.75, 3.05) is 0 Å². The molecule has 0 spiro atoms. The first-order valence-corrected chi connectivity index (χ1v) is 6.51. The molecule has 2 aromatic carbocycles. The molecule has 0 bridgehead atoms. The number of aromatic hydroxyl groups is 1. The summed E-state index contributed by atoms with van der Waals surface area (Å²) in [6.45, 7) is 0. The monoisotopic (exact) mass is 276 g/mol. The van der Waals surface area contributed by atoms with Crippen LogP contribution in [0.5, 0.6) is 5.75 Å². The molecule has 4 heteroatoms. The number of rotatable bonds is 2. The van der Waals surface area contributed by atoms with Crippen LogP contribution < -0.4 is 5.56 Å². The van der Waals surface area contributed by atoms with Gasteiger partial charge in [0.05, 0.1) is 5.52 Å². The van der Waals surface area contributed by atoms with Gasteiger partial charge in [-0.3, -0.25) is 4.79 Å². The van der Waals surface area contributed by atoms with Crippen molar-refractivity contribution >= 4 is 10.9 Å². The summed E-state index contributed by atoms with van der Waals surface area (Å²) < 4.78 is 0. The van der Waals surface area contributed by atoms with E-state index >= 15 is 0 Å². The number of nitrogens with zero attached hydrogens (tertiary/aromatic N) is 1. The first-order valence-electron chi connectivity index (χ1n) is 6.51. The van der Waals surface area contributed by atoms with Gasteiger partial charge in [0.2, 0.25) is 0 Å². The smallest absolute Gasteiger partial charge is 0.270 e. The minimum atomic E-state index is -0.570. The highest BCUT2D eigenvalue weighted by Crippen LogP contribution is 2.25. The van der Waals surface area contributed by atoms with E-state index in [0.717, 1.165) is 17.5 Å². The van der Waals surface area contributed by atoms with Crippen molar-refractivity contribution < 1.29 is 5.11 Å². The van der Waals surface area contributed by atoms with E-state index in [4.69, 9.17) is 5.26 Å². The van der Waals surface area contributed by atoms with Gasteiger partial charge in [0.1, 0.15) is 11.8 Å². The molecule has 1 aromatic heterocycles. The van der Waals surface area contributed by atoms with E-state index in [0.29, 0.717) is 10.9 Å². The van der Waals surface area contributed by atoms with Gasteiger partial charge in [-0.1, -0.05) is 36.4 Å². The molecule has 3 aromatic rings. The Hall–Kier alpha value is -3.06. The lowest BCUT2D eigenvalue weighted by Gasteiger charge is -2.06. The number of fused-ring (bicyclic) bond motifs is 1. The van der Waals surface area contributed by atoms with Crippen molar-refractivity contribution in [2.24, 2.45) is 0 Å². The molecule has 3 rings (SSSR count). The summed E-state index contributed by atoms with van der Waals surface area (Å²) in [5, 5.41) is 19.3. The van der Waals surface area contributed by atoms with E-state index in [1.807, 2.05) is 42.5 Å². The Morgan fingerprint density at radius 1 is 1.10 bits per heavy atom. The largest absolute Gasteiger partial charge is 0.506 e. The van der Waals surface area contributed by atoms with E-state index < -0.39 is 5.56 Å². The predicted molar refractivity (Wildman–Crippen MR) is 80.2 cm³/mol. The third kappa shape index (κ3) is 2.37. The second-order valence-corrected chi connectivity index (χ2v) is 4.83. The van der Waals surface area contributed by atoms with Crippen molar-refractivity contribution in [3.05, 3.63) is 75.6 Å². The Labute approximate surface area is 120 Å². The molecule has 0 saturated carbocycles. The number of hydrogen-bond acceptors (Lipinski definition) is 3. The van der Waals surface area contributed by atoms with Gasteiger partial charge in [-0.25, -0.2) is 0 Å². The minimum absolute atomic E-state index is 0.252. The minimum Gasteiger partial charge on any atom is -0.506 e. The van der Waals surface area contributed by atoms with Crippen LogP contribution in [0.1, 0.15) is 16.7 Å². The molecule has 2 N–H and O–H groups in total. The zero-order valence-corrected chi connectivity index (χ0v) is 11.1. The quantitative estimate of drug-likeness (QED) is 0.755. The van der Waals surface area contributed by atoms with Gasteiger partial charge < -0.3 is 10.1 Å². The van der Waals surface area contributed by atoms with Crippen LogP contribution in [-0.4, -0.2) is 10.1 Å². The number of nitriles is 1. The lowest BCUT2D eigenvalue weighted by molar-refractivity contribution is 0.478. The van der Waals surface area contributed by atoms with Gasteiger partial charge in [0.25, 0.3) is 5.56 Å². The molecule has 1 heterocycles. The molecule has 4 nitrogen and oxygen atoms in total. The molecule has 102 valence electrons. The number of benzene rings is 2. The maximum atomic E-state index is 11.7. The summed E-state index contributed by atoms with van der Waals surface area (Å²) in [7, 11) is 0. The van der Waals surface area contributed by atoms with E-state index in [1.54, 1.807) is 12.1 Å². The molecule has 21 heavy (non-hydrogen) atoms. The molecule has 0 saturated heterocycles. The van der Waals surface area contributed by atoms with Gasteiger partial charge in [-0.15, -0.1) is 0 Å². The summed E-state index contributed by atoms with van der Waals surface area (Å²) in [5.74, 6) is -0.262. The predicted octanol–water partition coefficient (Wildman–Crippen LogP) is 2.70. The zero-order chi connectivity index (χ0) is 14.8. The second kappa shape index (κ2) is 5.14. The van der Waals surface area contributed by atoms with Crippen LogP contribution in [0.25, 0.3) is 10.9 Å². The van der Waals surface area contributed by atoms with E-state index in [9.17, 15) is 9.90 Å². The van der Waals surface area contributed by atoms with Crippen LogP contribution in [0.15, 0.2) is 53.3 Å². The van der Waals surface area contributed by atoms with Crippen molar-refractivity contribution in [1.29, 1.82) is 5.26 Å². The third-order valence-electron chi connectivity index (χ3n) is 3.41. The molecule has 0 amide bonds. The summed E-state index contributed by atoms with van der Waals surface area (Å²) in [6.07, 6.45) is 0.736. The average molecular weight is 276 g/mol.